The van der Waals surface area contributed by atoms with Gasteiger partial charge in [0, 0.05) is 23.1 Å². The molecule has 0 fully saturated rings. The number of anilines is 1. The highest BCUT2D eigenvalue weighted by Gasteiger charge is 2.15. The number of carbonyl (C=O) groups is 1. The molecule has 0 radical (unpaired) electrons. The van der Waals surface area contributed by atoms with Crippen LogP contribution in [0.4, 0.5) is 5.69 Å². The maximum Gasteiger partial charge on any atom is 0.294 e. The lowest BCUT2D eigenvalue weighted by Crippen LogP contribution is -2.11. The average Bonchev–Trinajstić information content (AvgIpc) is 3.29. The van der Waals surface area contributed by atoms with Crippen LogP contribution in [0.15, 0.2) is 53.3 Å². The first kappa shape index (κ1) is 17.0. The summed E-state index contributed by atoms with van der Waals surface area (Å²) in [6.07, 6.45) is 3.35. The molecule has 3 heterocycles. The van der Waals surface area contributed by atoms with E-state index in [4.69, 9.17) is 4.52 Å². The third kappa shape index (κ3) is 3.31. The third-order valence-corrected chi connectivity index (χ3v) is 4.26. The number of aromatic nitrogens is 4. The van der Waals surface area contributed by atoms with Gasteiger partial charge in [-0.3, -0.25) is 4.79 Å². The number of fused-ring (bicyclic) bond motifs is 1. The molecule has 4 aromatic rings. The van der Waals surface area contributed by atoms with Gasteiger partial charge in [-0.2, -0.15) is 5.10 Å². The van der Waals surface area contributed by atoms with E-state index in [1.807, 2.05) is 55.8 Å². The van der Waals surface area contributed by atoms with Crippen LogP contribution in [0, 0.1) is 6.92 Å². The summed E-state index contributed by atoms with van der Waals surface area (Å²) in [4.78, 5) is 16.9. The Morgan fingerprint density at radius 3 is 2.67 bits per heavy atom. The Morgan fingerprint density at radius 1 is 1.15 bits per heavy atom. The second-order valence-electron chi connectivity index (χ2n) is 6.72. The molecular weight excluding hydrogens is 342 g/mol. The quantitative estimate of drug-likeness (QED) is 0.588. The van der Waals surface area contributed by atoms with E-state index in [0.717, 1.165) is 22.2 Å². The smallest absolute Gasteiger partial charge is 0.294 e. The molecule has 27 heavy (non-hydrogen) atoms. The fraction of sp³-hybridized carbons (Fsp3) is 0.200. The van der Waals surface area contributed by atoms with Gasteiger partial charge in [-0.15, -0.1) is 0 Å². The van der Waals surface area contributed by atoms with E-state index in [0.29, 0.717) is 11.4 Å². The molecule has 0 spiro atoms. The average molecular weight is 361 g/mol. The summed E-state index contributed by atoms with van der Waals surface area (Å²) in [6, 6.07) is 11.5. The third-order valence-electron chi connectivity index (χ3n) is 4.26. The molecule has 3 aromatic heterocycles. The predicted octanol–water partition coefficient (Wildman–Crippen LogP) is 4.23. The monoisotopic (exact) mass is 361 g/mol. The second kappa shape index (κ2) is 6.68. The van der Waals surface area contributed by atoms with Crippen LogP contribution in [-0.2, 0) is 0 Å². The SMILES string of the molecule is Cc1ccc(-c2cc(C(=O)Nc3cnc4c(cnn4C(C)C)c3)on2)cc1. The first-order chi connectivity index (χ1) is 13.0. The first-order valence-corrected chi connectivity index (χ1v) is 8.69. The first-order valence-electron chi connectivity index (χ1n) is 8.69. The Morgan fingerprint density at radius 2 is 1.93 bits per heavy atom. The number of benzene rings is 1. The lowest BCUT2D eigenvalue weighted by atomic mass is 10.1. The molecule has 136 valence electrons. The summed E-state index contributed by atoms with van der Waals surface area (Å²) >= 11 is 0. The van der Waals surface area contributed by atoms with Crippen molar-refractivity contribution < 1.29 is 9.32 Å². The van der Waals surface area contributed by atoms with Crippen molar-refractivity contribution in [2.24, 2.45) is 0 Å². The van der Waals surface area contributed by atoms with Crippen molar-refractivity contribution in [1.82, 2.24) is 19.9 Å². The Kier molecular flexibility index (Phi) is 4.19. The van der Waals surface area contributed by atoms with E-state index in [2.05, 4.69) is 20.6 Å². The Labute approximate surface area is 156 Å². The van der Waals surface area contributed by atoms with Crippen molar-refractivity contribution >= 4 is 22.6 Å². The number of amides is 1. The molecule has 1 amide bonds. The minimum absolute atomic E-state index is 0.142. The van der Waals surface area contributed by atoms with Crippen LogP contribution in [0.2, 0.25) is 0 Å². The fourth-order valence-corrected chi connectivity index (χ4v) is 2.82. The van der Waals surface area contributed by atoms with Crippen LogP contribution in [0.5, 0.6) is 0 Å². The van der Waals surface area contributed by atoms with Crippen molar-refractivity contribution in [3.8, 4) is 11.3 Å². The van der Waals surface area contributed by atoms with E-state index < -0.39 is 0 Å². The fourth-order valence-electron chi connectivity index (χ4n) is 2.82. The standard InChI is InChI=1S/C20H19N5O2/c1-12(2)25-19-15(10-22-25)8-16(11-21-19)23-20(26)18-9-17(24-27-18)14-6-4-13(3)5-7-14/h4-12H,1-3H3,(H,23,26). The van der Waals surface area contributed by atoms with Crippen LogP contribution >= 0.6 is 0 Å². The zero-order valence-corrected chi connectivity index (χ0v) is 15.3. The number of carbonyl (C=O) groups excluding carboxylic acids is 1. The molecular formula is C20H19N5O2. The van der Waals surface area contributed by atoms with Gasteiger partial charge in [-0.1, -0.05) is 35.0 Å². The molecule has 1 N–H and O–H groups in total. The van der Waals surface area contributed by atoms with E-state index in [9.17, 15) is 4.79 Å². The summed E-state index contributed by atoms with van der Waals surface area (Å²) in [6.45, 7) is 6.10. The minimum Gasteiger partial charge on any atom is -0.350 e. The van der Waals surface area contributed by atoms with Crippen molar-refractivity contribution in [3.05, 3.63) is 60.1 Å². The zero-order chi connectivity index (χ0) is 19.0. The number of aryl methyl sites for hydroxylation is 1. The summed E-state index contributed by atoms with van der Waals surface area (Å²) < 4.78 is 7.05. The zero-order valence-electron chi connectivity index (χ0n) is 15.3. The highest BCUT2D eigenvalue weighted by molar-refractivity contribution is 6.03. The number of pyridine rings is 1. The highest BCUT2D eigenvalue weighted by atomic mass is 16.5. The molecule has 0 aliphatic rings. The number of hydrogen-bond donors (Lipinski definition) is 1. The maximum atomic E-state index is 12.5. The Bertz CT molecular complexity index is 1110. The van der Waals surface area contributed by atoms with Gasteiger partial charge in [0.25, 0.3) is 5.91 Å². The molecule has 0 aliphatic heterocycles. The van der Waals surface area contributed by atoms with Crippen LogP contribution in [0.25, 0.3) is 22.3 Å². The lowest BCUT2D eigenvalue weighted by Gasteiger charge is -2.06. The van der Waals surface area contributed by atoms with Gasteiger partial charge >= 0.3 is 0 Å². The molecule has 1 aromatic carbocycles. The second-order valence-corrected chi connectivity index (χ2v) is 6.72. The van der Waals surface area contributed by atoms with Gasteiger partial charge in [0.15, 0.2) is 5.65 Å². The topological polar surface area (TPSA) is 85.8 Å². The van der Waals surface area contributed by atoms with Crippen molar-refractivity contribution in [1.29, 1.82) is 0 Å². The molecule has 0 saturated heterocycles. The van der Waals surface area contributed by atoms with E-state index in [1.165, 1.54) is 0 Å². The Balaban J connectivity index is 1.54. The minimum atomic E-state index is -0.377. The van der Waals surface area contributed by atoms with E-state index in [1.54, 1.807) is 18.5 Å². The van der Waals surface area contributed by atoms with Gasteiger partial charge in [0.05, 0.1) is 18.1 Å². The summed E-state index contributed by atoms with van der Waals surface area (Å²) in [7, 11) is 0. The molecule has 4 rings (SSSR count). The molecule has 0 saturated carbocycles. The Hall–Kier alpha value is -3.48. The van der Waals surface area contributed by atoms with Gasteiger partial charge in [-0.25, -0.2) is 9.67 Å². The normalized spacial score (nSPS) is 11.3. The van der Waals surface area contributed by atoms with Gasteiger partial charge in [0.2, 0.25) is 5.76 Å². The summed E-state index contributed by atoms with van der Waals surface area (Å²) in [5.74, 6) is -0.234. The molecule has 0 atom stereocenters. The number of nitrogens with one attached hydrogen (secondary N) is 1. The maximum absolute atomic E-state index is 12.5. The van der Waals surface area contributed by atoms with E-state index in [-0.39, 0.29) is 17.7 Å². The van der Waals surface area contributed by atoms with Gasteiger partial charge in [-0.05, 0) is 26.8 Å². The number of nitrogens with zero attached hydrogens (tertiary/aromatic N) is 4. The molecule has 0 aliphatic carbocycles. The summed E-state index contributed by atoms with van der Waals surface area (Å²) in [5, 5.41) is 12.0. The molecule has 0 unspecified atom stereocenters. The van der Waals surface area contributed by atoms with Crippen LogP contribution in [0.1, 0.15) is 36.0 Å². The number of hydrogen-bond acceptors (Lipinski definition) is 5. The van der Waals surface area contributed by atoms with Crippen LogP contribution in [0.3, 0.4) is 0 Å². The van der Waals surface area contributed by atoms with Gasteiger partial charge < -0.3 is 9.84 Å². The largest absolute Gasteiger partial charge is 0.350 e. The summed E-state index contributed by atoms with van der Waals surface area (Å²) in [5.41, 5.74) is 4.02. The number of rotatable bonds is 4. The highest BCUT2D eigenvalue weighted by Crippen LogP contribution is 2.22. The lowest BCUT2D eigenvalue weighted by molar-refractivity contribution is 0.0988. The van der Waals surface area contributed by atoms with Crippen LogP contribution in [-0.4, -0.2) is 25.8 Å². The molecule has 7 heteroatoms. The van der Waals surface area contributed by atoms with Crippen molar-refractivity contribution in [3.63, 3.8) is 0 Å². The molecule has 7 nitrogen and oxygen atoms in total. The van der Waals surface area contributed by atoms with E-state index >= 15 is 0 Å². The van der Waals surface area contributed by atoms with Crippen molar-refractivity contribution in [2.75, 3.05) is 5.32 Å². The van der Waals surface area contributed by atoms with Gasteiger partial charge in [0.1, 0.15) is 5.69 Å². The van der Waals surface area contributed by atoms with Crippen LogP contribution < -0.4 is 5.32 Å². The molecule has 0 bridgehead atoms. The van der Waals surface area contributed by atoms with Crippen molar-refractivity contribution in [2.45, 2.75) is 26.8 Å². The predicted molar refractivity (Wildman–Crippen MR) is 103 cm³/mol.